The van der Waals surface area contributed by atoms with Gasteiger partial charge in [0.05, 0.1) is 28.8 Å². The molecule has 6 nitrogen and oxygen atoms in total. The third-order valence-electron chi connectivity index (χ3n) is 6.18. The highest BCUT2D eigenvalue weighted by Crippen LogP contribution is 2.42. The van der Waals surface area contributed by atoms with Gasteiger partial charge in [0.2, 0.25) is 5.91 Å². The summed E-state index contributed by atoms with van der Waals surface area (Å²) in [4.78, 5) is 21.4. The van der Waals surface area contributed by atoms with Gasteiger partial charge in [-0.3, -0.25) is 9.69 Å². The molecule has 3 aromatic rings. The van der Waals surface area contributed by atoms with Crippen molar-refractivity contribution in [3.05, 3.63) is 76.3 Å². The van der Waals surface area contributed by atoms with E-state index in [4.69, 9.17) is 4.98 Å². The van der Waals surface area contributed by atoms with Crippen molar-refractivity contribution >= 4 is 32.2 Å². The van der Waals surface area contributed by atoms with Crippen molar-refractivity contribution in [2.45, 2.75) is 51.1 Å². The summed E-state index contributed by atoms with van der Waals surface area (Å²) < 4.78 is 23.9. The molecule has 1 unspecified atom stereocenters. The normalized spacial score (nSPS) is 16.1. The number of hydrogen-bond acceptors (Lipinski definition) is 6. The Labute approximate surface area is 206 Å². The second kappa shape index (κ2) is 10.4. The lowest BCUT2D eigenvalue weighted by molar-refractivity contribution is -0.115. The molecule has 8 heteroatoms. The van der Waals surface area contributed by atoms with E-state index in [1.54, 1.807) is 42.5 Å². The Bertz CT molecular complexity index is 1240. The van der Waals surface area contributed by atoms with Crippen LogP contribution in [0.2, 0.25) is 0 Å². The number of thiazole rings is 1. The van der Waals surface area contributed by atoms with E-state index in [0.717, 1.165) is 30.8 Å². The van der Waals surface area contributed by atoms with Gasteiger partial charge in [0.25, 0.3) is 0 Å². The van der Waals surface area contributed by atoms with Gasteiger partial charge in [-0.2, -0.15) is 0 Å². The summed E-state index contributed by atoms with van der Waals surface area (Å²) in [6, 6.07) is 17.3. The predicted molar refractivity (Wildman–Crippen MR) is 137 cm³/mol. The minimum absolute atomic E-state index is 0.0581. The van der Waals surface area contributed by atoms with Gasteiger partial charge in [0.1, 0.15) is 0 Å². The van der Waals surface area contributed by atoms with Crippen LogP contribution in [0.4, 0.5) is 5.13 Å². The molecule has 2 aromatic carbocycles. The highest BCUT2D eigenvalue weighted by Gasteiger charge is 2.35. The largest absolute Gasteiger partial charge is 0.302 e. The average Bonchev–Trinajstić information content (AvgIpc) is 3.35. The molecule has 1 atom stereocenters. The van der Waals surface area contributed by atoms with E-state index in [9.17, 15) is 13.2 Å². The smallest absolute Gasteiger partial charge is 0.230 e. The number of nitrogens with zero attached hydrogens (tertiary/aromatic N) is 2. The van der Waals surface area contributed by atoms with Crippen LogP contribution in [-0.4, -0.2) is 36.5 Å². The van der Waals surface area contributed by atoms with Crippen molar-refractivity contribution in [2.24, 2.45) is 5.92 Å². The molecule has 0 radical (unpaired) electrons. The van der Waals surface area contributed by atoms with E-state index >= 15 is 0 Å². The van der Waals surface area contributed by atoms with Crippen LogP contribution < -0.4 is 5.32 Å². The second-order valence-electron chi connectivity index (χ2n) is 8.99. The number of sulfone groups is 1. The van der Waals surface area contributed by atoms with Crippen molar-refractivity contribution in [1.29, 1.82) is 0 Å². The second-order valence-corrected chi connectivity index (χ2v) is 12.4. The monoisotopic (exact) mass is 497 g/mol. The van der Waals surface area contributed by atoms with Crippen LogP contribution >= 0.6 is 11.3 Å². The first kappa shape index (κ1) is 24.6. The Morgan fingerprint density at radius 1 is 1.12 bits per heavy atom. The fourth-order valence-corrected chi connectivity index (χ4v) is 6.35. The SMILES string of the molecule is CCS(=O)(=O)c1ccc(CC(=O)Nc2nc3c(s2)CN(CCc2ccccc2)C3C(C)C)cc1. The van der Waals surface area contributed by atoms with Crippen molar-refractivity contribution in [2.75, 3.05) is 17.6 Å². The standard InChI is InChI=1S/C26H31N3O3S2/c1-4-34(31,32)21-12-10-20(11-13-21)16-23(30)27-26-28-24-22(33-26)17-29(25(24)18(2)3)15-14-19-8-6-5-7-9-19/h5-13,18,25H,4,14-17H2,1-3H3,(H,27,28,30). The van der Waals surface area contributed by atoms with Gasteiger partial charge in [-0.05, 0) is 35.6 Å². The third kappa shape index (κ3) is 5.56. The first-order valence-corrected chi connectivity index (χ1v) is 14.1. The van der Waals surface area contributed by atoms with E-state index in [-0.39, 0.29) is 29.0 Å². The maximum atomic E-state index is 12.6. The van der Waals surface area contributed by atoms with Gasteiger partial charge in [-0.15, -0.1) is 11.3 Å². The molecular formula is C26H31N3O3S2. The van der Waals surface area contributed by atoms with E-state index in [2.05, 4.69) is 48.3 Å². The van der Waals surface area contributed by atoms with Crippen LogP contribution in [0.1, 0.15) is 48.5 Å². The molecule has 180 valence electrons. The highest BCUT2D eigenvalue weighted by atomic mass is 32.2. The number of carbonyl (C=O) groups excluding carboxylic acids is 1. The zero-order valence-electron chi connectivity index (χ0n) is 19.8. The van der Waals surface area contributed by atoms with E-state index in [1.165, 1.54) is 10.4 Å². The fraction of sp³-hybridized carbons (Fsp3) is 0.385. The molecule has 0 spiro atoms. The van der Waals surface area contributed by atoms with E-state index in [0.29, 0.717) is 11.0 Å². The summed E-state index contributed by atoms with van der Waals surface area (Å²) >= 11 is 1.55. The zero-order valence-corrected chi connectivity index (χ0v) is 21.5. The van der Waals surface area contributed by atoms with Gasteiger partial charge in [0, 0.05) is 18.0 Å². The summed E-state index contributed by atoms with van der Waals surface area (Å²) in [5, 5.41) is 3.57. The summed E-state index contributed by atoms with van der Waals surface area (Å²) in [6.07, 6.45) is 1.18. The first-order valence-electron chi connectivity index (χ1n) is 11.7. The number of hydrogen-bond donors (Lipinski definition) is 1. The summed E-state index contributed by atoms with van der Waals surface area (Å²) in [7, 11) is -3.24. The molecule has 0 bridgehead atoms. The molecule has 0 fully saturated rings. The number of anilines is 1. The molecule has 34 heavy (non-hydrogen) atoms. The van der Waals surface area contributed by atoms with Crippen LogP contribution in [0.3, 0.4) is 0 Å². The number of aromatic nitrogens is 1. The van der Waals surface area contributed by atoms with Gasteiger partial charge in [0.15, 0.2) is 15.0 Å². The minimum atomic E-state index is -3.24. The predicted octanol–water partition coefficient (Wildman–Crippen LogP) is 4.87. The zero-order chi connectivity index (χ0) is 24.3. The highest BCUT2D eigenvalue weighted by molar-refractivity contribution is 7.91. The van der Waals surface area contributed by atoms with Crippen LogP contribution in [-0.2, 0) is 34.0 Å². The lowest BCUT2D eigenvalue weighted by Gasteiger charge is -2.27. The van der Waals surface area contributed by atoms with Gasteiger partial charge in [-0.1, -0.05) is 63.2 Å². The van der Waals surface area contributed by atoms with Gasteiger partial charge >= 0.3 is 0 Å². The minimum Gasteiger partial charge on any atom is -0.302 e. The molecule has 2 heterocycles. The molecule has 1 aliphatic rings. The molecule has 0 saturated heterocycles. The Morgan fingerprint density at radius 3 is 2.47 bits per heavy atom. The van der Waals surface area contributed by atoms with E-state index in [1.807, 2.05) is 6.07 Å². The topological polar surface area (TPSA) is 79.4 Å². The molecular weight excluding hydrogens is 466 g/mol. The van der Waals surface area contributed by atoms with Crippen LogP contribution in [0, 0.1) is 5.92 Å². The summed E-state index contributed by atoms with van der Waals surface area (Å²) in [6.45, 7) is 7.88. The van der Waals surface area contributed by atoms with Crippen LogP contribution in [0.5, 0.6) is 0 Å². The maximum Gasteiger partial charge on any atom is 0.230 e. The molecule has 1 N–H and O–H groups in total. The Kier molecular flexibility index (Phi) is 7.50. The number of rotatable bonds is 9. The quantitative estimate of drug-likeness (QED) is 0.456. The number of fused-ring (bicyclic) bond motifs is 1. The number of benzene rings is 2. The molecule has 1 aromatic heterocycles. The lowest BCUT2D eigenvalue weighted by atomic mass is 10.0. The lowest BCUT2D eigenvalue weighted by Crippen LogP contribution is -2.28. The first-order chi connectivity index (χ1) is 16.3. The fourth-order valence-electron chi connectivity index (χ4n) is 4.42. The van der Waals surface area contributed by atoms with Crippen molar-refractivity contribution in [1.82, 2.24) is 9.88 Å². The van der Waals surface area contributed by atoms with Crippen LogP contribution in [0.15, 0.2) is 59.5 Å². The summed E-state index contributed by atoms with van der Waals surface area (Å²) in [5.74, 6) is 0.323. The Balaban J connectivity index is 1.38. The van der Waals surface area contributed by atoms with E-state index < -0.39 is 9.84 Å². The molecule has 1 aliphatic heterocycles. The Hall–Kier alpha value is -2.55. The summed E-state index contributed by atoms with van der Waals surface area (Å²) in [5.41, 5.74) is 3.18. The Morgan fingerprint density at radius 2 is 1.82 bits per heavy atom. The van der Waals surface area contributed by atoms with Gasteiger partial charge in [-0.25, -0.2) is 13.4 Å². The van der Waals surface area contributed by atoms with Crippen molar-refractivity contribution in [3.63, 3.8) is 0 Å². The number of amides is 1. The molecule has 0 saturated carbocycles. The van der Waals surface area contributed by atoms with Crippen LogP contribution in [0.25, 0.3) is 0 Å². The van der Waals surface area contributed by atoms with Crippen molar-refractivity contribution in [3.8, 4) is 0 Å². The van der Waals surface area contributed by atoms with Crippen molar-refractivity contribution < 1.29 is 13.2 Å². The van der Waals surface area contributed by atoms with Gasteiger partial charge < -0.3 is 5.32 Å². The molecule has 4 rings (SSSR count). The molecule has 1 amide bonds. The maximum absolute atomic E-state index is 12.6. The average molecular weight is 498 g/mol. The number of nitrogens with one attached hydrogen (secondary N) is 1. The number of carbonyl (C=O) groups is 1. The third-order valence-corrected chi connectivity index (χ3v) is 8.91. The molecule has 0 aliphatic carbocycles.